The second-order valence-corrected chi connectivity index (χ2v) is 6.23. The van der Waals surface area contributed by atoms with Crippen LogP contribution in [-0.2, 0) is 16.1 Å². The van der Waals surface area contributed by atoms with Crippen LogP contribution in [0.1, 0.15) is 40.3 Å². The van der Waals surface area contributed by atoms with Crippen LogP contribution in [0.4, 0.5) is 0 Å². The van der Waals surface area contributed by atoms with Gasteiger partial charge in [-0.1, -0.05) is 18.2 Å². The summed E-state index contributed by atoms with van der Waals surface area (Å²) in [7, 11) is 0. The summed E-state index contributed by atoms with van der Waals surface area (Å²) < 4.78 is 10.5. The summed E-state index contributed by atoms with van der Waals surface area (Å²) in [6.45, 7) is 2.88. The van der Waals surface area contributed by atoms with Crippen molar-refractivity contribution in [3.8, 4) is 5.75 Å². The van der Waals surface area contributed by atoms with E-state index in [9.17, 15) is 9.59 Å². The lowest BCUT2D eigenvalue weighted by Crippen LogP contribution is -2.32. The first kappa shape index (κ1) is 16.4. The van der Waals surface area contributed by atoms with Gasteiger partial charge >= 0.3 is 5.97 Å². The highest BCUT2D eigenvalue weighted by atomic mass is 32.1. The van der Waals surface area contributed by atoms with Crippen LogP contribution in [0.5, 0.6) is 5.75 Å². The molecule has 0 radical (unpaired) electrons. The van der Waals surface area contributed by atoms with Crippen LogP contribution >= 0.6 is 11.3 Å². The fourth-order valence-electron chi connectivity index (χ4n) is 2.59. The Hall–Kier alpha value is -2.41. The molecule has 1 atom stereocenters. The van der Waals surface area contributed by atoms with Crippen molar-refractivity contribution < 1.29 is 19.1 Å². The molecule has 0 spiro atoms. The number of fused-ring (bicyclic) bond motifs is 1. The van der Waals surface area contributed by atoms with E-state index in [-0.39, 0.29) is 17.5 Å². The van der Waals surface area contributed by atoms with Crippen LogP contribution in [0.25, 0.3) is 0 Å². The molecule has 7 heteroatoms. The van der Waals surface area contributed by atoms with Crippen molar-refractivity contribution in [3.05, 3.63) is 45.9 Å². The van der Waals surface area contributed by atoms with Crippen LogP contribution in [-0.4, -0.2) is 30.1 Å². The van der Waals surface area contributed by atoms with Gasteiger partial charge in [-0.2, -0.15) is 0 Å². The van der Waals surface area contributed by atoms with Crippen molar-refractivity contribution in [3.63, 3.8) is 0 Å². The Bertz CT molecular complexity index is 744. The third-order valence-corrected chi connectivity index (χ3v) is 4.57. The monoisotopic (exact) mass is 346 g/mol. The lowest BCUT2D eigenvalue weighted by Gasteiger charge is -2.24. The zero-order valence-corrected chi connectivity index (χ0v) is 14.1. The van der Waals surface area contributed by atoms with E-state index in [1.807, 2.05) is 24.3 Å². The van der Waals surface area contributed by atoms with Crippen molar-refractivity contribution in [1.29, 1.82) is 0 Å². The lowest BCUT2D eigenvalue weighted by molar-refractivity contribution is -0.123. The summed E-state index contributed by atoms with van der Waals surface area (Å²) >= 11 is 1.33. The number of carbonyl (C=O) groups excluding carboxylic acids is 2. The molecule has 2 heterocycles. The van der Waals surface area contributed by atoms with Gasteiger partial charge in [0, 0.05) is 10.9 Å². The van der Waals surface area contributed by atoms with Crippen molar-refractivity contribution in [2.45, 2.75) is 25.8 Å². The smallest absolute Gasteiger partial charge is 0.357 e. The highest BCUT2D eigenvalue weighted by Gasteiger charge is 2.27. The lowest BCUT2D eigenvalue weighted by atomic mass is 9.92. The number of hydrogen-bond acceptors (Lipinski definition) is 6. The number of nitrogens with one attached hydrogen (secondary N) is 1. The van der Waals surface area contributed by atoms with Gasteiger partial charge in [-0.05, 0) is 19.4 Å². The molecular formula is C17H18N2O4S. The van der Waals surface area contributed by atoms with E-state index in [0.717, 1.165) is 11.3 Å². The topological polar surface area (TPSA) is 77.5 Å². The largest absolute Gasteiger partial charge is 0.493 e. The van der Waals surface area contributed by atoms with Crippen LogP contribution in [0.2, 0.25) is 0 Å². The average molecular weight is 346 g/mol. The van der Waals surface area contributed by atoms with E-state index in [1.54, 1.807) is 12.3 Å². The molecule has 1 N–H and O–H groups in total. The SMILES string of the molecule is CCOC(=O)c1csc(CNC(=O)C2CCOc3ccccc32)n1. The molecule has 0 saturated heterocycles. The molecule has 1 amide bonds. The minimum Gasteiger partial charge on any atom is -0.493 e. The normalized spacial score (nSPS) is 16.0. The minimum atomic E-state index is -0.440. The molecule has 6 nitrogen and oxygen atoms in total. The van der Waals surface area contributed by atoms with E-state index in [4.69, 9.17) is 9.47 Å². The predicted molar refractivity (Wildman–Crippen MR) is 89.2 cm³/mol. The first-order valence-electron chi connectivity index (χ1n) is 7.80. The van der Waals surface area contributed by atoms with Gasteiger partial charge < -0.3 is 14.8 Å². The van der Waals surface area contributed by atoms with Gasteiger partial charge in [0.15, 0.2) is 5.69 Å². The number of esters is 1. The van der Waals surface area contributed by atoms with E-state index < -0.39 is 5.97 Å². The standard InChI is InChI=1S/C17H18N2O4S/c1-2-22-17(21)13-10-24-15(19-13)9-18-16(20)12-7-8-23-14-6-4-3-5-11(12)14/h3-6,10,12H,2,7-9H2,1H3,(H,18,20). The number of aromatic nitrogens is 1. The van der Waals surface area contributed by atoms with Crippen molar-refractivity contribution in [1.82, 2.24) is 10.3 Å². The van der Waals surface area contributed by atoms with Gasteiger partial charge in [-0.15, -0.1) is 11.3 Å². The quantitative estimate of drug-likeness (QED) is 0.842. The molecule has 0 saturated carbocycles. The fourth-order valence-corrected chi connectivity index (χ4v) is 3.29. The highest BCUT2D eigenvalue weighted by Crippen LogP contribution is 2.33. The molecule has 1 aromatic carbocycles. The Kier molecular flexibility index (Phi) is 5.10. The second kappa shape index (κ2) is 7.44. The number of ether oxygens (including phenoxy) is 2. The highest BCUT2D eigenvalue weighted by molar-refractivity contribution is 7.09. The summed E-state index contributed by atoms with van der Waals surface area (Å²) in [5.74, 6) is 0.0468. The third-order valence-electron chi connectivity index (χ3n) is 3.73. The Morgan fingerprint density at radius 3 is 3.08 bits per heavy atom. The molecule has 126 valence electrons. The third kappa shape index (κ3) is 3.56. The number of amides is 1. The van der Waals surface area contributed by atoms with Gasteiger partial charge in [0.05, 0.1) is 25.7 Å². The molecule has 1 unspecified atom stereocenters. The summed E-state index contributed by atoms with van der Waals surface area (Å²) in [4.78, 5) is 28.3. The summed E-state index contributed by atoms with van der Waals surface area (Å²) in [6, 6.07) is 7.59. The zero-order valence-electron chi connectivity index (χ0n) is 13.3. The summed E-state index contributed by atoms with van der Waals surface area (Å²) in [6.07, 6.45) is 0.648. The van der Waals surface area contributed by atoms with E-state index in [0.29, 0.717) is 31.2 Å². The predicted octanol–water partition coefficient (Wildman–Crippen LogP) is 2.50. The maximum atomic E-state index is 12.5. The van der Waals surface area contributed by atoms with Gasteiger partial charge in [0.25, 0.3) is 0 Å². The molecule has 1 aliphatic rings. The number of thiazole rings is 1. The zero-order chi connectivity index (χ0) is 16.9. The number of hydrogen-bond donors (Lipinski definition) is 1. The molecular weight excluding hydrogens is 328 g/mol. The molecule has 0 fully saturated rings. The molecule has 0 aliphatic carbocycles. The molecule has 1 aromatic heterocycles. The first-order valence-corrected chi connectivity index (χ1v) is 8.68. The number of carbonyl (C=O) groups is 2. The van der Waals surface area contributed by atoms with Gasteiger partial charge in [-0.25, -0.2) is 9.78 Å². The number of rotatable bonds is 5. The van der Waals surface area contributed by atoms with Crippen LogP contribution in [0, 0.1) is 0 Å². The van der Waals surface area contributed by atoms with Gasteiger partial charge in [-0.3, -0.25) is 4.79 Å². The Balaban J connectivity index is 1.62. The number of benzene rings is 1. The maximum absolute atomic E-state index is 12.5. The van der Waals surface area contributed by atoms with Crippen molar-refractivity contribution >= 4 is 23.2 Å². The number of para-hydroxylation sites is 1. The fraction of sp³-hybridized carbons (Fsp3) is 0.353. The van der Waals surface area contributed by atoms with Crippen molar-refractivity contribution in [2.75, 3.05) is 13.2 Å². The Morgan fingerprint density at radius 1 is 1.42 bits per heavy atom. The van der Waals surface area contributed by atoms with E-state index in [1.165, 1.54) is 11.3 Å². The van der Waals surface area contributed by atoms with Gasteiger partial charge in [0.1, 0.15) is 10.8 Å². The maximum Gasteiger partial charge on any atom is 0.357 e. The summed E-state index contributed by atoms with van der Waals surface area (Å²) in [5.41, 5.74) is 1.19. The molecule has 3 rings (SSSR count). The van der Waals surface area contributed by atoms with E-state index in [2.05, 4.69) is 10.3 Å². The summed E-state index contributed by atoms with van der Waals surface area (Å²) in [5, 5.41) is 5.21. The van der Waals surface area contributed by atoms with Gasteiger partial charge in [0.2, 0.25) is 5.91 Å². The Labute approximate surface area is 143 Å². The molecule has 24 heavy (non-hydrogen) atoms. The first-order chi connectivity index (χ1) is 11.7. The Morgan fingerprint density at radius 2 is 2.25 bits per heavy atom. The molecule has 1 aliphatic heterocycles. The molecule has 0 bridgehead atoms. The van der Waals surface area contributed by atoms with Crippen LogP contribution in [0.15, 0.2) is 29.6 Å². The van der Waals surface area contributed by atoms with Crippen LogP contribution in [0.3, 0.4) is 0 Å². The minimum absolute atomic E-state index is 0.0568. The van der Waals surface area contributed by atoms with E-state index >= 15 is 0 Å². The second-order valence-electron chi connectivity index (χ2n) is 5.29. The average Bonchev–Trinajstić information content (AvgIpc) is 3.08. The van der Waals surface area contributed by atoms with Crippen molar-refractivity contribution in [2.24, 2.45) is 0 Å². The molecule has 2 aromatic rings. The van der Waals surface area contributed by atoms with Crippen LogP contribution < -0.4 is 10.1 Å². The number of nitrogens with zero attached hydrogens (tertiary/aromatic N) is 1.